The summed E-state index contributed by atoms with van der Waals surface area (Å²) in [7, 11) is 0. The molecule has 66 valence electrons. The Morgan fingerprint density at radius 2 is 2.58 bits per heavy atom. The first-order valence-corrected chi connectivity index (χ1v) is 5.14. The highest BCUT2D eigenvalue weighted by Gasteiger charge is 2.35. The summed E-state index contributed by atoms with van der Waals surface area (Å²) < 4.78 is 0. The fourth-order valence-corrected chi connectivity index (χ4v) is 2.00. The second-order valence-corrected chi connectivity index (χ2v) is 4.28. The lowest BCUT2D eigenvalue weighted by Crippen LogP contribution is -2.17. The minimum absolute atomic E-state index is 0.335. The molecule has 12 heavy (non-hydrogen) atoms. The van der Waals surface area contributed by atoms with Gasteiger partial charge in [-0.1, -0.05) is 6.07 Å². The smallest absolute Gasteiger partial charge is 0.0474 e. The molecule has 1 aromatic heterocycles. The summed E-state index contributed by atoms with van der Waals surface area (Å²) in [5.74, 6) is 0.518. The van der Waals surface area contributed by atoms with E-state index in [-0.39, 0.29) is 0 Å². The highest BCUT2D eigenvalue weighted by atomic mass is 32.1. The summed E-state index contributed by atoms with van der Waals surface area (Å²) in [6.07, 6.45) is 1.14. The third-order valence-electron chi connectivity index (χ3n) is 2.28. The second kappa shape index (κ2) is 3.56. The number of aliphatic hydroxyl groups is 1. The maximum Gasteiger partial charge on any atom is 0.0474 e. The van der Waals surface area contributed by atoms with Crippen molar-refractivity contribution >= 4 is 11.3 Å². The Kier molecular flexibility index (Phi) is 2.44. The van der Waals surface area contributed by atoms with Crippen LogP contribution in [0, 0.1) is 5.92 Å². The highest BCUT2D eigenvalue weighted by Crippen LogP contribution is 2.29. The molecular weight excluding hydrogens is 170 g/mol. The number of hydrogen-bond donors (Lipinski definition) is 2. The molecule has 0 saturated heterocycles. The lowest BCUT2D eigenvalue weighted by atomic mass is 10.4. The van der Waals surface area contributed by atoms with Crippen molar-refractivity contribution in [3.05, 3.63) is 22.4 Å². The third kappa shape index (κ3) is 1.86. The molecule has 1 heterocycles. The van der Waals surface area contributed by atoms with Gasteiger partial charge in [-0.2, -0.15) is 0 Å². The van der Waals surface area contributed by atoms with Gasteiger partial charge in [0.15, 0.2) is 0 Å². The van der Waals surface area contributed by atoms with Crippen molar-refractivity contribution in [1.82, 2.24) is 5.32 Å². The average molecular weight is 183 g/mol. The Morgan fingerprint density at radius 1 is 1.67 bits per heavy atom. The van der Waals surface area contributed by atoms with Gasteiger partial charge in [-0.25, -0.2) is 0 Å². The molecule has 1 aliphatic carbocycles. The summed E-state index contributed by atoms with van der Waals surface area (Å²) in [4.78, 5) is 1.37. The zero-order valence-corrected chi connectivity index (χ0v) is 7.68. The summed E-state index contributed by atoms with van der Waals surface area (Å²) in [5, 5.41) is 14.3. The molecule has 0 aromatic carbocycles. The van der Waals surface area contributed by atoms with Gasteiger partial charge in [0.1, 0.15) is 0 Å². The van der Waals surface area contributed by atoms with E-state index in [2.05, 4.69) is 22.8 Å². The van der Waals surface area contributed by atoms with Gasteiger partial charge >= 0.3 is 0 Å². The molecule has 3 heteroatoms. The Bertz CT molecular complexity index is 235. The predicted octanol–water partition coefficient (Wildman–Crippen LogP) is 1.22. The van der Waals surface area contributed by atoms with Crippen LogP contribution in [0.4, 0.5) is 0 Å². The van der Waals surface area contributed by atoms with Gasteiger partial charge in [0.2, 0.25) is 0 Å². The first-order chi connectivity index (χ1) is 5.90. The van der Waals surface area contributed by atoms with Crippen LogP contribution in [0.3, 0.4) is 0 Å². The molecule has 2 atom stereocenters. The first kappa shape index (κ1) is 8.23. The Labute approximate surface area is 76.2 Å². The van der Waals surface area contributed by atoms with E-state index in [9.17, 15) is 0 Å². The van der Waals surface area contributed by atoms with E-state index < -0.39 is 0 Å². The van der Waals surface area contributed by atoms with Gasteiger partial charge in [0.05, 0.1) is 0 Å². The molecule has 0 bridgehead atoms. The summed E-state index contributed by atoms with van der Waals surface area (Å²) in [6.45, 7) is 1.29. The van der Waals surface area contributed by atoms with Crippen molar-refractivity contribution in [2.45, 2.75) is 19.0 Å². The number of hydrogen-bond acceptors (Lipinski definition) is 3. The van der Waals surface area contributed by atoms with Crippen molar-refractivity contribution in [2.24, 2.45) is 5.92 Å². The van der Waals surface area contributed by atoms with Crippen LogP contribution in [0.2, 0.25) is 0 Å². The lowest BCUT2D eigenvalue weighted by molar-refractivity contribution is 0.271. The fourth-order valence-electron chi connectivity index (χ4n) is 1.34. The molecule has 1 saturated carbocycles. The van der Waals surface area contributed by atoms with E-state index in [4.69, 9.17) is 5.11 Å². The maximum absolute atomic E-state index is 8.80. The van der Waals surface area contributed by atoms with Gasteiger partial charge in [-0.3, -0.25) is 0 Å². The molecule has 0 radical (unpaired) electrons. The van der Waals surface area contributed by atoms with Crippen LogP contribution in [0.5, 0.6) is 0 Å². The molecule has 1 aliphatic rings. The van der Waals surface area contributed by atoms with E-state index in [0.29, 0.717) is 18.6 Å². The Hall–Kier alpha value is -0.380. The quantitative estimate of drug-likeness (QED) is 0.735. The van der Waals surface area contributed by atoms with Crippen LogP contribution >= 0.6 is 11.3 Å². The minimum atomic E-state index is 0.335. The van der Waals surface area contributed by atoms with Crippen LogP contribution in [-0.2, 0) is 6.54 Å². The number of thiophene rings is 1. The van der Waals surface area contributed by atoms with Gasteiger partial charge in [-0.15, -0.1) is 11.3 Å². The highest BCUT2D eigenvalue weighted by molar-refractivity contribution is 7.09. The minimum Gasteiger partial charge on any atom is -0.396 e. The first-order valence-electron chi connectivity index (χ1n) is 4.27. The number of aliphatic hydroxyl groups excluding tert-OH is 1. The molecule has 1 aromatic rings. The van der Waals surface area contributed by atoms with Crippen molar-refractivity contribution in [3.8, 4) is 0 Å². The molecule has 0 aliphatic heterocycles. The van der Waals surface area contributed by atoms with E-state index in [0.717, 1.165) is 13.0 Å². The number of rotatable bonds is 4. The van der Waals surface area contributed by atoms with Crippen molar-refractivity contribution < 1.29 is 5.11 Å². The topological polar surface area (TPSA) is 32.3 Å². The van der Waals surface area contributed by atoms with Crippen molar-refractivity contribution in [2.75, 3.05) is 6.61 Å². The van der Waals surface area contributed by atoms with Crippen LogP contribution in [-0.4, -0.2) is 17.8 Å². The zero-order chi connectivity index (χ0) is 8.39. The largest absolute Gasteiger partial charge is 0.396 e. The zero-order valence-electron chi connectivity index (χ0n) is 6.86. The summed E-state index contributed by atoms with van der Waals surface area (Å²) in [5.41, 5.74) is 0. The van der Waals surface area contributed by atoms with E-state index in [1.54, 1.807) is 11.3 Å². The van der Waals surface area contributed by atoms with Gasteiger partial charge in [0, 0.05) is 24.1 Å². The van der Waals surface area contributed by atoms with Crippen LogP contribution < -0.4 is 5.32 Å². The molecular formula is C9H13NOS. The monoisotopic (exact) mass is 183 g/mol. The molecule has 1 fully saturated rings. The fraction of sp³-hybridized carbons (Fsp3) is 0.556. The van der Waals surface area contributed by atoms with Crippen LogP contribution in [0.1, 0.15) is 11.3 Å². The molecule has 2 N–H and O–H groups in total. The van der Waals surface area contributed by atoms with Gasteiger partial charge in [0.25, 0.3) is 0 Å². The van der Waals surface area contributed by atoms with E-state index in [1.165, 1.54) is 4.88 Å². The van der Waals surface area contributed by atoms with Crippen LogP contribution in [0.15, 0.2) is 17.5 Å². The SMILES string of the molecule is OCC1C[C@@H]1NCc1cccs1. The number of nitrogens with one attached hydrogen (secondary N) is 1. The third-order valence-corrected chi connectivity index (χ3v) is 3.15. The van der Waals surface area contributed by atoms with Crippen molar-refractivity contribution in [3.63, 3.8) is 0 Å². The molecule has 2 rings (SSSR count). The summed E-state index contributed by atoms with van der Waals surface area (Å²) in [6, 6.07) is 4.77. The van der Waals surface area contributed by atoms with E-state index in [1.807, 2.05) is 0 Å². The summed E-state index contributed by atoms with van der Waals surface area (Å²) >= 11 is 1.78. The molecule has 2 nitrogen and oxygen atoms in total. The maximum atomic E-state index is 8.80. The predicted molar refractivity (Wildman–Crippen MR) is 50.1 cm³/mol. The normalized spacial score (nSPS) is 27.4. The Balaban J connectivity index is 1.71. The van der Waals surface area contributed by atoms with Gasteiger partial charge < -0.3 is 10.4 Å². The Morgan fingerprint density at radius 3 is 3.17 bits per heavy atom. The average Bonchev–Trinajstić information content (AvgIpc) is 2.67. The second-order valence-electron chi connectivity index (χ2n) is 3.25. The van der Waals surface area contributed by atoms with E-state index >= 15 is 0 Å². The van der Waals surface area contributed by atoms with Crippen molar-refractivity contribution in [1.29, 1.82) is 0 Å². The molecule has 0 spiro atoms. The van der Waals surface area contributed by atoms with Gasteiger partial charge in [-0.05, 0) is 23.8 Å². The van der Waals surface area contributed by atoms with Crippen LogP contribution in [0.25, 0.3) is 0 Å². The standard InChI is InChI=1S/C9H13NOS/c11-6-7-4-9(7)10-5-8-2-1-3-12-8/h1-3,7,9-11H,4-6H2/t7?,9-/m0/s1. The lowest BCUT2D eigenvalue weighted by Gasteiger charge is -1.99. The molecule has 0 amide bonds. The molecule has 1 unspecified atom stereocenters.